The van der Waals surface area contributed by atoms with Crippen LogP contribution in [0.15, 0.2) is 12.1 Å². The highest BCUT2D eigenvalue weighted by Gasteiger charge is 2.47. The van der Waals surface area contributed by atoms with Gasteiger partial charge in [-0.05, 0) is 45.2 Å². The van der Waals surface area contributed by atoms with E-state index in [4.69, 9.17) is 0 Å². The molecule has 1 aliphatic heterocycles. The summed E-state index contributed by atoms with van der Waals surface area (Å²) in [5.41, 5.74) is 2.86. The van der Waals surface area contributed by atoms with E-state index in [1.54, 1.807) is 6.92 Å². The molecule has 0 radical (unpaired) electrons. The first-order chi connectivity index (χ1) is 12.7. The number of rotatable bonds is 8. The van der Waals surface area contributed by atoms with Crippen LogP contribution in [0.3, 0.4) is 0 Å². The first-order valence-electron chi connectivity index (χ1n) is 9.69. The van der Waals surface area contributed by atoms with E-state index in [0.717, 1.165) is 53.0 Å². The predicted octanol–water partition coefficient (Wildman–Crippen LogP) is 3.83. The van der Waals surface area contributed by atoms with Crippen LogP contribution in [0.2, 0.25) is 0 Å². The second kappa shape index (κ2) is 8.55. The van der Waals surface area contributed by atoms with E-state index >= 15 is 0 Å². The summed E-state index contributed by atoms with van der Waals surface area (Å²) in [6.07, 6.45) is 4.71. The van der Waals surface area contributed by atoms with Crippen molar-refractivity contribution in [2.24, 2.45) is 0 Å². The Morgan fingerprint density at radius 1 is 1.11 bits per heavy atom. The molecule has 0 unspecified atom stereocenters. The van der Waals surface area contributed by atoms with Gasteiger partial charge < -0.3 is 10.6 Å². The van der Waals surface area contributed by atoms with Crippen molar-refractivity contribution in [2.75, 3.05) is 11.9 Å². The molecule has 1 saturated heterocycles. The summed E-state index contributed by atoms with van der Waals surface area (Å²) in [5, 5.41) is 5.61. The molecule has 0 spiro atoms. The molecule has 0 aromatic heterocycles. The van der Waals surface area contributed by atoms with Crippen LogP contribution in [-0.4, -0.2) is 34.8 Å². The van der Waals surface area contributed by atoms with Gasteiger partial charge >= 0.3 is 6.03 Å². The second-order valence-electron chi connectivity index (χ2n) is 7.79. The number of amides is 4. The van der Waals surface area contributed by atoms with Crippen molar-refractivity contribution in [3.8, 4) is 0 Å². The smallest absolute Gasteiger partial charge is 0.324 e. The van der Waals surface area contributed by atoms with E-state index in [9.17, 15) is 14.4 Å². The van der Waals surface area contributed by atoms with E-state index in [1.807, 2.05) is 32.9 Å². The van der Waals surface area contributed by atoms with Crippen molar-refractivity contribution in [1.82, 2.24) is 10.2 Å². The third kappa shape index (κ3) is 4.87. The molecular weight excluding hydrogens is 342 g/mol. The van der Waals surface area contributed by atoms with Crippen molar-refractivity contribution < 1.29 is 14.4 Å². The number of anilines is 1. The van der Waals surface area contributed by atoms with Crippen LogP contribution in [0.1, 0.15) is 62.6 Å². The Balaban J connectivity index is 2.01. The molecule has 1 aromatic rings. The van der Waals surface area contributed by atoms with Gasteiger partial charge in [0.15, 0.2) is 0 Å². The fraction of sp³-hybridized carbons (Fsp3) is 0.571. The molecule has 0 saturated carbocycles. The van der Waals surface area contributed by atoms with Gasteiger partial charge in [-0.25, -0.2) is 4.79 Å². The van der Waals surface area contributed by atoms with Gasteiger partial charge in [0.05, 0.1) is 0 Å². The summed E-state index contributed by atoms with van der Waals surface area (Å²) in [6.45, 7) is 9.45. The van der Waals surface area contributed by atoms with Crippen LogP contribution in [0.4, 0.5) is 10.5 Å². The summed E-state index contributed by atoms with van der Waals surface area (Å²) in [6, 6.07) is 3.48. The number of carbonyl (C=O) groups is 3. The SMILES string of the molecule is CCCCCC[C@]1(C)NC(=O)N(CC(=O)Nc2c(C)cc(C)cc2C)C1=O. The largest absolute Gasteiger partial charge is 0.325 e. The molecular formula is C21H31N3O3. The van der Waals surface area contributed by atoms with Crippen LogP contribution in [0.5, 0.6) is 0 Å². The van der Waals surface area contributed by atoms with Crippen molar-refractivity contribution in [3.63, 3.8) is 0 Å². The molecule has 6 heteroatoms. The summed E-state index contributed by atoms with van der Waals surface area (Å²) in [5.74, 6) is -0.694. The lowest BCUT2D eigenvalue weighted by molar-refractivity contribution is -0.133. The number of aryl methyl sites for hydroxylation is 3. The minimum absolute atomic E-state index is 0.276. The van der Waals surface area contributed by atoms with Crippen LogP contribution in [0, 0.1) is 20.8 Å². The maximum Gasteiger partial charge on any atom is 0.325 e. The molecule has 4 amide bonds. The number of nitrogens with zero attached hydrogens (tertiary/aromatic N) is 1. The van der Waals surface area contributed by atoms with Gasteiger partial charge in [0.1, 0.15) is 12.1 Å². The van der Waals surface area contributed by atoms with Crippen molar-refractivity contribution in [2.45, 2.75) is 72.3 Å². The average molecular weight is 373 g/mol. The number of hydrogen-bond donors (Lipinski definition) is 2. The standard InChI is InChI=1S/C21H31N3O3/c1-6-7-8-9-10-21(5)19(26)24(20(27)23-21)13-17(25)22-18-15(3)11-14(2)12-16(18)4/h11-12H,6-10,13H2,1-5H3,(H,22,25)(H,23,27)/t21-/m0/s1. The molecule has 6 nitrogen and oxygen atoms in total. The van der Waals surface area contributed by atoms with E-state index in [1.165, 1.54) is 0 Å². The van der Waals surface area contributed by atoms with Gasteiger partial charge in [-0.2, -0.15) is 0 Å². The molecule has 1 fully saturated rings. The van der Waals surface area contributed by atoms with Crippen LogP contribution < -0.4 is 10.6 Å². The summed E-state index contributed by atoms with van der Waals surface area (Å²) in [4.78, 5) is 38.5. The van der Waals surface area contributed by atoms with Crippen LogP contribution >= 0.6 is 0 Å². The number of urea groups is 1. The third-order valence-electron chi connectivity index (χ3n) is 5.12. The van der Waals surface area contributed by atoms with Gasteiger partial charge in [-0.15, -0.1) is 0 Å². The second-order valence-corrected chi connectivity index (χ2v) is 7.79. The molecule has 148 valence electrons. The normalized spacial score (nSPS) is 19.4. The molecule has 2 N–H and O–H groups in total. The fourth-order valence-corrected chi connectivity index (χ4v) is 3.67. The molecule has 1 heterocycles. The third-order valence-corrected chi connectivity index (χ3v) is 5.12. The number of imide groups is 1. The molecule has 1 aliphatic rings. The lowest BCUT2D eigenvalue weighted by atomic mass is 9.94. The molecule has 1 atom stereocenters. The van der Waals surface area contributed by atoms with E-state index < -0.39 is 11.6 Å². The van der Waals surface area contributed by atoms with Crippen LogP contribution in [0.25, 0.3) is 0 Å². The number of carbonyl (C=O) groups excluding carboxylic acids is 3. The topological polar surface area (TPSA) is 78.5 Å². The number of benzene rings is 1. The lowest BCUT2D eigenvalue weighted by Crippen LogP contribution is -2.44. The summed E-state index contributed by atoms with van der Waals surface area (Å²) in [7, 11) is 0. The van der Waals surface area contributed by atoms with E-state index in [-0.39, 0.29) is 18.4 Å². The fourth-order valence-electron chi connectivity index (χ4n) is 3.67. The highest BCUT2D eigenvalue weighted by Crippen LogP contribution is 2.25. The molecule has 0 bridgehead atoms. The van der Waals surface area contributed by atoms with Gasteiger partial charge in [-0.3, -0.25) is 14.5 Å². The summed E-state index contributed by atoms with van der Waals surface area (Å²) < 4.78 is 0. The Kier molecular flexibility index (Phi) is 6.63. The molecule has 0 aliphatic carbocycles. The average Bonchev–Trinajstić information content (AvgIpc) is 2.78. The lowest BCUT2D eigenvalue weighted by Gasteiger charge is -2.21. The Morgan fingerprint density at radius 3 is 2.33 bits per heavy atom. The first-order valence-corrected chi connectivity index (χ1v) is 9.69. The Bertz CT molecular complexity index is 721. The zero-order valence-corrected chi connectivity index (χ0v) is 17.1. The molecule has 1 aromatic carbocycles. The van der Waals surface area contributed by atoms with Crippen molar-refractivity contribution >= 4 is 23.5 Å². The minimum Gasteiger partial charge on any atom is -0.324 e. The van der Waals surface area contributed by atoms with Gasteiger partial charge in [0.2, 0.25) is 5.91 Å². The number of nitrogens with one attached hydrogen (secondary N) is 2. The maximum atomic E-state index is 12.7. The van der Waals surface area contributed by atoms with Crippen molar-refractivity contribution in [3.05, 3.63) is 28.8 Å². The summed E-state index contributed by atoms with van der Waals surface area (Å²) >= 11 is 0. The highest BCUT2D eigenvalue weighted by molar-refractivity contribution is 6.10. The van der Waals surface area contributed by atoms with Gasteiger partial charge in [0, 0.05) is 5.69 Å². The number of unbranched alkanes of at least 4 members (excludes halogenated alkanes) is 3. The predicted molar refractivity (Wildman–Crippen MR) is 107 cm³/mol. The molecule has 27 heavy (non-hydrogen) atoms. The van der Waals surface area contributed by atoms with E-state index in [2.05, 4.69) is 17.6 Å². The minimum atomic E-state index is -0.916. The Morgan fingerprint density at radius 2 is 1.74 bits per heavy atom. The Hall–Kier alpha value is -2.37. The number of hydrogen-bond acceptors (Lipinski definition) is 3. The maximum absolute atomic E-state index is 12.7. The zero-order valence-electron chi connectivity index (χ0n) is 17.1. The van der Waals surface area contributed by atoms with Gasteiger partial charge in [0.25, 0.3) is 5.91 Å². The van der Waals surface area contributed by atoms with E-state index in [0.29, 0.717) is 6.42 Å². The first kappa shape index (κ1) is 20.9. The van der Waals surface area contributed by atoms with Crippen LogP contribution in [-0.2, 0) is 9.59 Å². The monoisotopic (exact) mass is 373 g/mol. The van der Waals surface area contributed by atoms with Gasteiger partial charge in [-0.1, -0.05) is 50.3 Å². The highest BCUT2D eigenvalue weighted by atomic mass is 16.2. The quantitative estimate of drug-likeness (QED) is 0.537. The zero-order chi connectivity index (χ0) is 20.2. The van der Waals surface area contributed by atoms with Crippen molar-refractivity contribution in [1.29, 1.82) is 0 Å². The Labute approximate surface area is 161 Å². The molecule has 2 rings (SSSR count).